The van der Waals surface area contributed by atoms with Crippen LogP contribution in [0.25, 0.3) is 0 Å². The van der Waals surface area contributed by atoms with Gasteiger partial charge < -0.3 is 10.8 Å². The molecule has 0 aliphatic rings. The minimum absolute atomic E-state index is 0.234. The van der Waals surface area contributed by atoms with E-state index in [2.05, 4.69) is 15.9 Å². The second-order valence-electron chi connectivity index (χ2n) is 3.28. The summed E-state index contributed by atoms with van der Waals surface area (Å²) >= 11 is 3.18. The molecule has 0 fully saturated rings. The molecule has 3 nitrogen and oxygen atoms in total. The Hall–Kier alpha value is -0.940. The van der Waals surface area contributed by atoms with Crippen molar-refractivity contribution in [3.63, 3.8) is 0 Å². The average Bonchev–Trinajstić information content (AvgIpc) is 2.13. The zero-order chi connectivity index (χ0) is 11.6. The molecule has 0 saturated heterocycles. The van der Waals surface area contributed by atoms with Crippen LogP contribution < -0.4 is 5.73 Å². The lowest BCUT2D eigenvalue weighted by Gasteiger charge is -2.12. The fourth-order valence-corrected chi connectivity index (χ4v) is 1.57. The van der Waals surface area contributed by atoms with E-state index in [1.54, 1.807) is 13.0 Å². The Morgan fingerprint density at radius 1 is 1.67 bits per heavy atom. The lowest BCUT2D eigenvalue weighted by atomic mass is 10.0. The second-order valence-corrected chi connectivity index (χ2v) is 4.13. The Bertz CT molecular complexity index is 395. The molecule has 1 atom stereocenters. The van der Waals surface area contributed by atoms with Crippen molar-refractivity contribution in [3.8, 4) is 0 Å². The molecule has 3 N–H and O–H groups in total. The fourth-order valence-electron chi connectivity index (χ4n) is 1.27. The third kappa shape index (κ3) is 2.76. The van der Waals surface area contributed by atoms with Crippen LogP contribution in [0.4, 0.5) is 4.39 Å². The summed E-state index contributed by atoms with van der Waals surface area (Å²) < 4.78 is 14.3. The van der Waals surface area contributed by atoms with E-state index in [9.17, 15) is 9.18 Å². The van der Waals surface area contributed by atoms with Gasteiger partial charge in [0, 0.05) is 16.1 Å². The van der Waals surface area contributed by atoms with E-state index in [1.165, 1.54) is 6.07 Å². The standard InChI is InChI=1S/C10H11BrFNO2/c1-5-7(11)3-2-6(10(5)12)8(13)4-9(14)15/h2-3,8H,4,13H2,1H3,(H,14,15). The number of hydrogen-bond acceptors (Lipinski definition) is 2. The van der Waals surface area contributed by atoms with E-state index in [0.29, 0.717) is 10.0 Å². The van der Waals surface area contributed by atoms with Crippen LogP contribution in [0.1, 0.15) is 23.6 Å². The van der Waals surface area contributed by atoms with Crippen LogP contribution in [0, 0.1) is 12.7 Å². The highest BCUT2D eigenvalue weighted by molar-refractivity contribution is 9.10. The van der Waals surface area contributed by atoms with Crippen molar-refractivity contribution in [1.29, 1.82) is 0 Å². The van der Waals surface area contributed by atoms with Crippen LogP contribution in [0.15, 0.2) is 16.6 Å². The third-order valence-electron chi connectivity index (χ3n) is 2.14. The van der Waals surface area contributed by atoms with Crippen molar-refractivity contribution in [2.24, 2.45) is 5.73 Å². The van der Waals surface area contributed by atoms with Crippen LogP contribution in [-0.4, -0.2) is 11.1 Å². The van der Waals surface area contributed by atoms with Crippen molar-refractivity contribution in [2.75, 3.05) is 0 Å². The van der Waals surface area contributed by atoms with E-state index >= 15 is 0 Å². The summed E-state index contributed by atoms with van der Waals surface area (Å²) in [6.45, 7) is 1.61. The maximum Gasteiger partial charge on any atom is 0.305 e. The van der Waals surface area contributed by atoms with Crippen molar-refractivity contribution < 1.29 is 14.3 Å². The number of nitrogens with two attached hydrogens (primary N) is 1. The molecular weight excluding hydrogens is 265 g/mol. The quantitative estimate of drug-likeness (QED) is 0.890. The first kappa shape index (κ1) is 12.1. The summed E-state index contributed by atoms with van der Waals surface area (Å²) in [5, 5.41) is 8.55. The molecule has 0 aliphatic carbocycles. The molecule has 15 heavy (non-hydrogen) atoms. The molecule has 0 saturated carbocycles. The largest absolute Gasteiger partial charge is 0.481 e. The van der Waals surface area contributed by atoms with Gasteiger partial charge in [0.2, 0.25) is 0 Å². The molecule has 82 valence electrons. The summed E-state index contributed by atoms with van der Waals surface area (Å²) in [5.74, 6) is -1.49. The van der Waals surface area contributed by atoms with Gasteiger partial charge in [0.15, 0.2) is 0 Å². The van der Waals surface area contributed by atoms with Crippen LogP contribution in [0.3, 0.4) is 0 Å². The van der Waals surface area contributed by atoms with E-state index < -0.39 is 17.8 Å². The van der Waals surface area contributed by atoms with Gasteiger partial charge >= 0.3 is 5.97 Å². The number of aliphatic carboxylic acids is 1. The van der Waals surface area contributed by atoms with Crippen molar-refractivity contribution >= 4 is 21.9 Å². The minimum Gasteiger partial charge on any atom is -0.481 e. The van der Waals surface area contributed by atoms with Gasteiger partial charge in [-0.05, 0) is 18.6 Å². The number of rotatable bonds is 3. The molecule has 0 aromatic heterocycles. The summed E-state index contributed by atoms with van der Waals surface area (Å²) in [4.78, 5) is 10.4. The highest BCUT2D eigenvalue weighted by atomic mass is 79.9. The summed E-state index contributed by atoms with van der Waals surface area (Å²) in [5.41, 5.74) is 6.25. The van der Waals surface area contributed by atoms with E-state index in [4.69, 9.17) is 10.8 Å². The third-order valence-corrected chi connectivity index (χ3v) is 3.00. The lowest BCUT2D eigenvalue weighted by Crippen LogP contribution is -2.16. The molecule has 5 heteroatoms. The van der Waals surface area contributed by atoms with Gasteiger partial charge in [-0.3, -0.25) is 4.79 Å². The van der Waals surface area contributed by atoms with Crippen LogP contribution in [-0.2, 0) is 4.79 Å². The molecule has 1 rings (SSSR count). The normalized spacial score (nSPS) is 12.5. The van der Waals surface area contributed by atoms with Gasteiger partial charge in [0.1, 0.15) is 5.82 Å². The average molecular weight is 276 g/mol. The molecule has 0 spiro atoms. The number of benzene rings is 1. The monoisotopic (exact) mass is 275 g/mol. The van der Waals surface area contributed by atoms with Crippen LogP contribution >= 0.6 is 15.9 Å². The molecule has 0 bridgehead atoms. The molecule has 1 aromatic rings. The van der Waals surface area contributed by atoms with Gasteiger partial charge in [-0.1, -0.05) is 22.0 Å². The first-order chi connectivity index (χ1) is 6.93. The minimum atomic E-state index is -1.04. The highest BCUT2D eigenvalue weighted by Crippen LogP contribution is 2.26. The van der Waals surface area contributed by atoms with Crippen molar-refractivity contribution in [3.05, 3.63) is 33.5 Å². The zero-order valence-corrected chi connectivity index (χ0v) is 9.71. The Morgan fingerprint density at radius 2 is 2.27 bits per heavy atom. The Labute approximate surface area is 95.2 Å². The van der Waals surface area contributed by atoms with E-state index in [0.717, 1.165) is 0 Å². The summed E-state index contributed by atoms with van der Waals surface area (Å²) in [6, 6.07) is 2.35. The highest BCUT2D eigenvalue weighted by Gasteiger charge is 2.17. The Morgan fingerprint density at radius 3 is 2.80 bits per heavy atom. The van der Waals surface area contributed by atoms with E-state index in [1.807, 2.05) is 0 Å². The lowest BCUT2D eigenvalue weighted by molar-refractivity contribution is -0.137. The SMILES string of the molecule is Cc1c(Br)ccc(C(N)CC(=O)O)c1F. The topological polar surface area (TPSA) is 63.3 Å². The number of halogens is 2. The number of hydrogen-bond donors (Lipinski definition) is 2. The number of carboxylic acids is 1. The number of carboxylic acid groups (broad SMARTS) is 1. The van der Waals surface area contributed by atoms with Gasteiger partial charge in [0.25, 0.3) is 0 Å². The molecular formula is C10H11BrFNO2. The predicted octanol–water partition coefficient (Wildman–Crippen LogP) is 2.37. The fraction of sp³-hybridized carbons (Fsp3) is 0.300. The molecule has 0 radical (unpaired) electrons. The van der Waals surface area contributed by atoms with Gasteiger partial charge in [-0.2, -0.15) is 0 Å². The predicted molar refractivity (Wildman–Crippen MR) is 58.0 cm³/mol. The molecule has 0 heterocycles. The maximum atomic E-state index is 13.7. The Kier molecular flexibility index (Phi) is 3.82. The molecule has 1 aromatic carbocycles. The zero-order valence-electron chi connectivity index (χ0n) is 8.13. The second kappa shape index (κ2) is 4.72. The number of carbonyl (C=O) groups is 1. The first-order valence-corrected chi connectivity index (χ1v) is 5.14. The van der Waals surface area contributed by atoms with Crippen LogP contribution in [0.5, 0.6) is 0 Å². The summed E-state index contributed by atoms with van der Waals surface area (Å²) in [7, 11) is 0. The van der Waals surface area contributed by atoms with Gasteiger partial charge in [-0.15, -0.1) is 0 Å². The summed E-state index contributed by atoms with van der Waals surface area (Å²) in [6.07, 6.45) is -0.280. The Balaban J connectivity index is 3.05. The smallest absolute Gasteiger partial charge is 0.305 e. The van der Waals surface area contributed by atoms with Gasteiger partial charge in [-0.25, -0.2) is 4.39 Å². The van der Waals surface area contributed by atoms with Crippen LogP contribution in [0.2, 0.25) is 0 Å². The molecule has 0 aliphatic heterocycles. The maximum absolute atomic E-state index is 13.7. The van der Waals surface area contributed by atoms with E-state index in [-0.39, 0.29) is 12.0 Å². The molecule has 0 amide bonds. The van der Waals surface area contributed by atoms with Gasteiger partial charge in [0.05, 0.1) is 6.42 Å². The molecule has 1 unspecified atom stereocenters. The van der Waals surface area contributed by atoms with Crippen molar-refractivity contribution in [1.82, 2.24) is 0 Å². The first-order valence-electron chi connectivity index (χ1n) is 4.35. The van der Waals surface area contributed by atoms with Crippen molar-refractivity contribution in [2.45, 2.75) is 19.4 Å².